The van der Waals surface area contributed by atoms with E-state index >= 15 is 0 Å². The summed E-state index contributed by atoms with van der Waals surface area (Å²) in [4.78, 5) is 96.3. The van der Waals surface area contributed by atoms with Gasteiger partial charge in [0.25, 0.3) is 0 Å². The first-order chi connectivity index (χ1) is 30.8. The van der Waals surface area contributed by atoms with Crippen molar-refractivity contribution in [2.24, 2.45) is 5.73 Å². The summed E-state index contributed by atoms with van der Waals surface area (Å²) in [7, 11) is 1.44. The van der Waals surface area contributed by atoms with Gasteiger partial charge in [0.1, 0.15) is 35.0 Å². The predicted molar refractivity (Wildman–Crippen MR) is 235 cm³/mol. The lowest BCUT2D eigenvalue weighted by molar-refractivity contribution is -0.132. The molecule has 11 N–H and O–H groups in total. The third-order valence-electron chi connectivity index (χ3n) is 10.2. The molecule has 3 aromatic carbocycles. The van der Waals surface area contributed by atoms with Crippen LogP contribution in [0.2, 0.25) is 0 Å². The second-order valence-electron chi connectivity index (χ2n) is 14.8. The number of carbonyl (C=O) groups excluding carboxylic acids is 5. The van der Waals surface area contributed by atoms with Crippen LogP contribution in [0, 0.1) is 0 Å². The van der Waals surface area contributed by atoms with Crippen LogP contribution in [0.4, 0.5) is 10.5 Å². The molecular weight excluding hydrogens is 827 g/mol. The summed E-state index contributed by atoms with van der Waals surface area (Å²) in [6, 6.07) is 18.2. The Morgan fingerprint density at radius 2 is 1.59 bits per heavy atom. The Kier molecular flexibility index (Phi) is 15.0. The average molecular weight is 874 g/mol. The van der Waals surface area contributed by atoms with Gasteiger partial charge in [0.2, 0.25) is 23.6 Å². The van der Waals surface area contributed by atoms with Gasteiger partial charge in [0.05, 0.1) is 18.2 Å². The first kappa shape index (κ1) is 45.5. The molecule has 4 aromatic rings. The van der Waals surface area contributed by atoms with Gasteiger partial charge in [0.15, 0.2) is 5.43 Å². The molecule has 1 aromatic heterocycles. The van der Waals surface area contributed by atoms with E-state index < -0.39 is 60.3 Å². The number of aromatic nitrogens is 2. The van der Waals surface area contributed by atoms with Crippen LogP contribution < -0.4 is 43.1 Å². The number of H-pyrrole nitrogens is 1. The second-order valence-corrected chi connectivity index (χ2v) is 14.8. The van der Waals surface area contributed by atoms with E-state index in [-0.39, 0.29) is 59.6 Å². The number of amides is 6. The zero-order valence-corrected chi connectivity index (χ0v) is 34.6. The molecule has 0 unspecified atom stereocenters. The van der Waals surface area contributed by atoms with Crippen molar-refractivity contribution in [1.82, 2.24) is 36.6 Å². The minimum absolute atomic E-state index is 0.0804. The Labute approximate surface area is 365 Å². The number of anilines is 1. The standard InChI is InChI=1S/C45H47N9O10/c1-47-42(59)35(23-38-48-17-18-49-38)54-43(60)34(19-25-7-3-2-4-8-25)53-39(57)24-51-41(58)33(46)9-5-6-16-50-45(63)52-26-10-13-29(32(20-26)44(61)62)40-30-14-11-27(55)21-36(30)64-37-22-28(56)12-15-31(37)40/h2-4,7-8,10-15,17-18,20-22,33-35,55H,5-6,9,16,19,23-24,46H2,1H3,(H,47,59)(H,48,49)(H,51,58)(H,53,57)(H,54,60)(H,61,62)(H2,50,52,63)/t33-,34+,35+/m1/s1. The lowest BCUT2D eigenvalue weighted by Crippen LogP contribution is -2.56. The molecule has 0 saturated heterocycles. The number of likely N-dealkylation sites (N-methyl/N-ethyl adjacent to an activating group) is 1. The summed E-state index contributed by atoms with van der Waals surface area (Å²) in [5.41, 5.74) is 8.04. The second kappa shape index (κ2) is 21.1. The topological polar surface area (TPSA) is 300 Å². The van der Waals surface area contributed by atoms with Crippen LogP contribution in [0.1, 0.15) is 41.0 Å². The van der Waals surface area contributed by atoms with Gasteiger partial charge in [-0.05, 0) is 66.8 Å². The smallest absolute Gasteiger partial charge is 0.336 e. The number of aromatic hydroxyl groups is 1. The normalized spacial score (nSPS) is 12.4. The maximum Gasteiger partial charge on any atom is 0.336 e. The molecule has 1 aliphatic carbocycles. The molecule has 0 bridgehead atoms. The van der Waals surface area contributed by atoms with Gasteiger partial charge >= 0.3 is 12.0 Å². The minimum atomic E-state index is -1.27. The number of carboxylic acids is 1. The SMILES string of the molecule is CNC(=O)[C@H](Cc1ncc[nH]1)NC(=O)[C@H](Cc1ccccc1)NC(=O)CNC(=O)[C@H](N)CCCCNC(=O)Nc1ccc(-c2c3ccc(=O)cc-3oc3cc(O)ccc23)c(C(=O)O)c1. The Bertz CT molecular complexity index is 2670. The highest BCUT2D eigenvalue weighted by atomic mass is 16.4. The van der Waals surface area contributed by atoms with Crippen LogP contribution in [-0.2, 0) is 32.0 Å². The van der Waals surface area contributed by atoms with E-state index in [0.717, 1.165) is 5.56 Å². The number of fused-ring (bicyclic) bond motifs is 2. The third kappa shape index (κ3) is 11.9. The monoisotopic (exact) mass is 873 g/mol. The molecular formula is C45H47N9O10. The first-order valence-corrected chi connectivity index (χ1v) is 20.3. The Balaban J connectivity index is 0.975. The number of rotatable bonds is 19. The molecule has 2 heterocycles. The highest BCUT2D eigenvalue weighted by Crippen LogP contribution is 2.42. The van der Waals surface area contributed by atoms with E-state index in [1.165, 1.54) is 55.7 Å². The number of imidazole rings is 1. The van der Waals surface area contributed by atoms with Gasteiger partial charge in [-0.25, -0.2) is 14.6 Å². The molecule has 332 valence electrons. The van der Waals surface area contributed by atoms with Gasteiger partial charge in [-0.3, -0.25) is 24.0 Å². The number of nitrogens with one attached hydrogen (secondary N) is 7. The molecule has 64 heavy (non-hydrogen) atoms. The van der Waals surface area contributed by atoms with Crippen molar-refractivity contribution >= 4 is 52.3 Å². The molecule has 1 aliphatic heterocycles. The predicted octanol–water partition coefficient (Wildman–Crippen LogP) is 2.63. The lowest BCUT2D eigenvalue weighted by atomic mass is 9.90. The number of carboxylic acid groups (broad SMARTS) is 1. The number of phenols is 1. The number of phenolic OH excluding ortho intramolecular Hbond substituents is 1. The third-order valence-corrected chi connectivity index (χ3v) is 10.2. The number of carbonyl (C=O) groups is 6. The molecule has 3 atom stereocenters. The molecule has 0 spiro atoms. The number of aromatic carboxylic acids is 1. The zero-order valence-electron chi connectivity index (χ0n) is 34.6. The molecule has 2 aliphatic rings. The maximum atomic E-state index is 13.5. The van der Waals surface area contributed by atoms with Crippen LogP contribution in [0.25, 0.3) is 33.4 Å². The molecule has 0 radical (unpaired) electrons. The van der Waals surface area contributed by atoms with Crippen molar-refractivity contribution in [3.63, 3.8) is 0 Å². The lowest BCUT2D eigenvalue weighted by Gasteiger charge is -2.23. The number of hydrogen-bond donors (Lipinski definition) is 10. The summed E-state index contributed by atoms with van der Waals surface area (Å²) in [6.45, 7) is -0.274. The Hall–Kier alpha value is -8.06. The molecule has 0 saturated carbocycles. The van der Waals surface area contributed by atoms with Crippen LogP contribution in [0.3, 0.4) is 0 Å². The summed E-state index contributed by atoms with van der Waals surface area (Å²) >= 11 is 0. The highest BCUT2D eigenvalue weighted by molar-refractivity contribution is 6.08. The van der Waals surface area contributed by atoms with Gasteiger partial charge in [-0.2, -0.15) is 0 Å². The largest absolute Gasteiger partial charge is 0.508 e. The molecule has 19 nitrogen and oxygen atoms in total. The number of nitrogens with two attached hydrogens (primary N) is 1. The van der Waals surface area contributed by atoms with Crippen molar-refractivity contribution < 1.29 is 43.4 Å². The van der Waals surface area contributed by atoms with Gasteiger partial charge in [-0.1, -0.05) is 36.4 Å². The van der Waals surface area contributed by atoms with Crippen molar-refractivity contribution in [1.29, 1.82) is 0 Å². The van der Waals surface area contributed by atoms with Crippen LogP contribution >= 0.6 is 0 Å². The number of aromatic amines is 1. The number of urea groups is 1. The van der Waals surface area contributed by atoms with Crippen LogP contribution in [0.15, 0.2) is 107 Å². The zero-order chi connectivity index (χ0) is 45.8. The van der Waals surface area contributed by atoms with Crippen LogP contribution in [-0.4, -0.2) is 94.1 Å². The fourth-order valence-corrected chi connectivity index (χ4v) is 7.03. The van der Waals surface area contributed by atoms with Crippen molar-refractivity contribution in [2.45, 2.75) is 50.2 Å². The maximum absolute atomic E-state index is 13.5. The summed E-state index contributed by atoms with van der Waals surface area (Å²) < 4.78 is 5.87. The Morgan fingerprint density at radius 3 is 2.33 bits per heavy atom. The number of benzene rings is 4. The van der Waals surface area contributed by atoms with E-state index in [2.05, 4.69) is 41.9 Å². The minimum Gasteiger partial charge on any atom is -0.508 e. The number of nitrogens with zero attached hydrogens (tertiary/aromatic N) is 1. The molecule has 6 amide bonds. The van der Waals surface area contributed by atoms with Gasteiger partial charge in [0, 0.05) is 73.2 Å². The fraction of sp³-hybridized carbons (Fsp3) is 0.244. The van der Waals surface area contributed by atoms with Crippen molar-refractivity contribution in [3.05, 3.63) is 124 Å². The van der Waals surface area contributed by atoms with Crippen molar-refractivity contribution in [2.75, 3.05) is 25.5 Å². The average Bonchev–Trinajstić information content (AvgIpc) is 3.80. The van der Waals surface area contributed by atoms with E-state index in [0.29, 0.717) is 40.7 Å². The quantitative estimate of drug-likeness (QED) is 0.0415. The first-order valence-electron chi connectivity index (χ1n) is 20.3. The molecule has 19 heteroatoms. The van der Waals surface area contributed by atoms with Gasteiger partial charge in [-0.15, -0.1) is 0 Å². The van der Waals surface area contributed by atoms with Crippen LogP contribution in [0.5, 0.6) is 5.75 Å². The summed E-state index contributed by atoms with van der Waals surface area (Å²) in [5.74, 6) is -2.99. The van der Waals surface area contributed by atoms with E-state index in [9.17, 15) is 43.8 Å². The van der Waals surface area contributed by atoms with Gasteiger partial charge < -0.3 is 57.2 Å². The Morgan fingerprint density at radius 1 is 0.828 bits per heavy atom. The van der Waals surface area contributed by atoms with E-state index in [1.807, 2.05) is 6.07 Å². The van der Waals surface area contributed by atoms with Crippen molar-refractivity contribution in [3.8, 4) is 28.2 Å². The summed E-state index contributed by atoms with van der Waals surface area (Å²) in [6.07, 6.45) is 4.39. The fourth-order valence-electron chi connectivity index (χ4n) is 7.03. The van der Waals surface area contributed by atoms with E-state index in [4.69, 9.17) is 10.2 Å². The van der Waals surface area contributed by atoms with E-state index in [1.54, 1.807) is 42.6 Å². The highest BCUT2D eigenvalue weighted by Gasteiger charge is 2.28. The molecule has 6 rings (SSSR count). The summed E-state index contributed by atoms with van der Waals surface area (Å²) in [5, 5.41) is 36.4. The molecule has 0 fully saturated rings. The number of unbranched alkanes of at least 4 members (excludes halogenated alkanes) is 1. The number of hydrogen-bond acceptors (Lipinski definition) is 11.